The van der Waals surface area contributed by atoms with E-state index >= 15 is 0 Å². The number of rotatable bonds is 7. The van der Waals surface area contributed by atoms with Crippen molar-refractivity contribution in [1.29, 1.82) is 0 Å². The molecule has 154 valence electrons. The van der Waals surface area contributed by atoms with E-state index in [1.807, 2.05) is 35.0 Å². The molecule has 0 amide bonds. The summed E-state index contributed by atoms with van der Waals surface area (Å²) in [4.78, 5) is 4.50. The van der Waals surface area contributed by atoms with Gasteiger partial charge in [0.05, 0.1) is 12.3 Å². The minimum absolute atomic E-state index is 0.333. The van der Waals surface area contributed by atoms with E-state index in [0.717, 1.165) is 72.9 Å². The molecule has 1 aliphatic carbocycles. The Morgan fingerprint density at radius 3 is 2.66 bits per heavy atom. The first-order valence-electron chi connectivity index (χ1n) is 10.5. The molecule has 4 N–H and O–H groups in total. The van der Waals surface area contributed by atoms with Crippen molar-refractivity contribution in [2.75, 3.05) is 17.2 Å². The molecule has 1 saturated carbocycles. The van der Waals surface area contributed by atoms with E-state index in [4.69, 9.17) is 15.6 Å². The maximum atomic E-state index is 6.05. The van der Waals surface area contributed by atoms with Gasteiger partial charge in [-0.05, 0) is 63.3 Å². The summed E-state index contributed by atoms with van der Waals surface area (Å²) in [5.74, 6) is 1.77. The Balaban J connectivity index is 1.58. The Morgan fingerprint density at radius 2 is 1.93 bits per heavy atom. The Morgan fingerprint density at radius 1 is 1.17 bits per heavy atom. The maximum Gasteiger partial charge on any atom is 0.177 e. The summed E-state index contributed by atoms with van der Waals surface area (Å²) >= 11 is 0. The number of benzene rings is 1. The highest BCUT2D eigenvalue weighted by Gasteiger charge is 2.21. The first kappa shape index (κ1) is 19.5. The minimum atomic E-state index is 0.333. The van der Waals surface area contributed by atoms with Crippen molar-refractivity contribution in [3.63, 3.8) is 0 Å². The lowest BCUT2D eigenvalue weighted by atomic mass is 9.92. The molecule has 1 aliphatic rings. The monoisotopic (exact) mass is 394 g/mol. The lowest BCUT2D eigenvalue weighted by Crippen LogP contribution is -2.33. The molecule has 0 unspecified atom stereocenters. The SMILES string of the molecule is CCCOc1ccc(Nc2c(C)c(NC3CCC(N)CC3)nn3ccnc23)cc1. The summed E-state index contributed by atoms with van der Waals surface area (Å²) < 4.78 is 7.50. The second-order valence-electron chi connectivity index (χ2n) is 7.80. The average Bonchev–Trinajstić information content (AvgIpc) is 3.20. The molecule has 3 aromatic rings. The molecule has 0 radical (unpaired) electrons. The fraction of sp³-hybridized carbons (Fsp3) is 0.455. The van der Waals surface area contributed by atoms with E-state index in [2.05, 4.69) is 29.5 Å². The van der Waals surface area contributed by atoms with Gasteiger partial charge in [-0.3, -0.25) is 0 Å². The van der Waals surface area contributed by atoms with Crippen molar-refractivity contribution in [2.45, 2.75) is 58.0 Å². The first-order chi connectivity index (χ1) is 14.1. The van der Waals surface area contributed by atoms with Crippen molar-refractivity contribution in [2.24, 2.45) is 5.73 Å². The number of anilines is 3. The third-order valence-corrected chi connectivity index (χ3v) is 5.49. The topological polar surface area (TPSA) is 89.5 Å². The Kier molecular flexibility index (Phi) is 5.85. The number of nitrogens with zero attached hydrogens (tertiary/aromatic N) is 3. The van der Waals surface area contributed by atoms with Crippen LogP contribution in [0.3, 0.4) is 0 Å². The van der Waals surface area contributed by atoms with E-state index in [9.17, 15) is 0 Å². The van der Waals surface area contributed by atoms with Gasteiger partial charge < -0.3 is 21.1 Å². The summed E-state index contributed by atoms with van der Waals surface area (Å²) in [6.45, 7) is 4.91. The molecule has 29 heavy (non-hydrogen) atoms. The fourth-order valence-corrected chi connectivity index (χ4v) is 3.77. The molecular formula is C22H30N6O. The van der Waals surface area contributed by atoms with E-state index in [1.165, 1.54) is 0 Å². The van der Waals surface area contributed by atoms with Crippen LogP contribution in [0, 0.1) is 6.92 Å². The lowest BCUT2D eigenvalue weighted by molar-refractivity contribution is 0.317. The predicted molar refractivity (Wildman–Crippen MR) is 117 cm³/mol. The molecule has 4 rings (SSSR count). The molecule has 0 atom stereocenters. The van der Waals surface area contributed by atoms with Crippen LogP contribution in [0.1, 0.15) is 44.6 Å². The number of ether oxygens (including phenoxy) is 1. The molecule has 0 saturated heterocycles. The number of hydrogen-bond acceptors (Lipinski definition) is 6. The second-order valence-corrected chi connectivity index (χ2v) is 7.80. The normalized spacial score (nSPS) is 19.3. The zero-order valence-corrected chi connectivity index (χ0v) is 17.2. The summed E-state index contributed by atoms with van der Waals surface area (Å²) in [5.41, 5.74) is 9.87. The van der Waals surface area contributed by atoms with Gasteiger partial charge in [0.1, 0.15) is 5.75 Å². The van der Waals surface area contributed by atoms with Gasteiger partial charge in [-0.1, -0.05) is 6.92 Å². The quantitative estimate of drug-likeness (QED) is 0.555. The van der Waals surface area contributed by atoms with Crippen molar-refractivity contribution >= 4 is 22.8 Å². The van der Waals surface area contributed by atoms with Crippen LogP contribution >= 0.6 is 0 Å². The molecule has 0 aliphatic heterocycles. The summed E-state index contributed by atoms with van der Waals surface area (Å²) in [6.07, 6.45) is 8.92. The van der Waals surface area contributed by atoms with Crippen LogP contribution in [0.25, 0.3) is 5.65 Å². The summed E-state index contributed by atoms with van der Waals surface area (Å²) in [7, 11) is 0. The zero-order valence-electron chi connectivity index (χ0n) is 17.2. The van der Waals surface area contributed by atoms with Crippen LogP contribution in [0.5, 0.6) is 5.75 Å². The first-order valence-corrected chi connectivity index (χ1v) is 10.5. The third-order valence-electron chi connectivity index (χ3n) is 5.49. The minimum Gasteiger partial charge on any atom is -0.494 e. The number of nitrogens with two attached hydrogens (primary N) is 1. The van der Waals surface area contributed by atoms with E-state index in [-0.39, 0.29) is 0 Å². The van der Waals surface area contributed by atoms with Gasteiger partial charge in [-0.2, -0.15) is 0 Å². The molecule has 0 spiro atoms. The molecule has 2 heterocycles. The van der Waals surface area contributed by atoms with Gasteiger partial charge in [0.25, 0.3) is 0 Å². The lowest BCUT2D eigenvalue weighted by Gasteiger charge is -2.28. The molecule has 2 aromatic heterocycles. The summed E-state index contributed by atoms with van der Waals surface area (Å²) in [6, 6.07) is 8.77. The van der Waals surface area contributed by atoms with Crippen LogP contribution in [0.4, 0.5) is 17.2 Å². The van der Waals surface area contributed by atoms with Crippen LogP contribution in [0.2, 0.25) is 0 Å². The number of hydrogen-bond donors (Lipinski definition) is 3. The number of fused-ring (bicyclic) bond motifs is 1. The molecule has 1 fully saturated rings. The molecule has 0 bridgehead atoms. The largest absolute Gasteiger partial charge is 0.494 e. The third kappa shape index (κ3) is 4.45. The van der Waals surface area contributed by atoms with Crippen molar-refractivity contribution < 1.29 is 4.74 Å². The van der Waals surface area contributed by atoms with Crippen molar-refractivity contribution in [3.05, 3.63) is 42.2 Å². The second kappa shape index (κ2) is 8.69. The van der Waals surface area contributed by atoms with Crippen molar-refractivity contribution in [1.82, 2.24) is 14.6 Å². The van der Waals surface area contributed by atoms with Crippen LogP contribution < -0.4 is 21.1 Å². The van der Waals surface area contributed by atoms with Crippen LogP contribution in [0.15, 0.2) is 36.7 Å². The smallest absolute Gasteiger partial charge is 0.177 e. The van der Waals surface area contributed by atoms with E-state index < -0.39 is 0 Å². The molecule has 7 nitrogen and oxygen atoms in total. The van der Waals surface area contributed by atoms with Gasteiger partial charge in [-0.15, -0.1) is 5.10 Å². The van der Waals surface area contributed by atoms with Gasteiger partial charge in [0.15, 0.2) is 11.5 Å². The highest BCUT2D eigenvalue weighted by molar-refractivity contribution is 5.80. The Labute approximate surface area is 171 Å². The number of nitrogens with one attached hydrogen (secondary N) is 2. The van der Waals surface area contributed by atoms with Gasteiger partial charge in [0, 0.05) is 35.7 Å². The molecule has 1 aromatic carbocycles. The fourth-order valence-electron chi connectivity index (χ4n) is 3.77. The van der Waals surface area contributed by atoms with Crippen LogP contribution in [-0.4, -0.2) is 33.3 Å². The van der Waals surface area contributed by atoms with Gasteiger partial charge >= 0.3 is 0 Å². The summed E-state index contributed by atoms with van der Waals surface area (Å²) in [5, 5.41) is 11.9. The standard InChI is InChI=1S/C22H30N6O/c1-3-14-29-19-10-8-17(9-11-19)25-20-15(2)21(27-28-13-12-24-22(20)28)26-18-6-4-16(23)5-7-18/h8-13,16,18,25H,3-7,14,23H2,1-2H3,(H,26,27). The molecule has 7 heteroatoms. The van der Waals surface area contributed by atoms with E-state index in [1.54, 1.807) is 6.20 Å². The van der Waals surface area contributed by atoms with Crippen LogP contribution in [-0.2, 0) is 0 Å². The Hall–Kier alpha value is -2.80. The van der Waals surface area contributed by atoms with Gasteiger partial charge in [-0.25, -0.2) is 9.50 Å². The van der Waals surface area contributed by atoms with Crippen molar-refractivity contribution in [3.8, 4) is 5.75 Å². The predicted octanol–water partition coefficient (Wildman–Crippen LogP) is 4.25. The average molecular weight is 395 g/mol. The highest BCUT2D eigenvalue weighted by atomic mass is 16.5. The Bertz CT molecular complexity index is 944. The number of aromatic nitrogens is 3. The van der Waals surface area contributed by atoms with Gasteiger partial charge in [0.2, 0.25) is 0 Å². The maximum absolute atomic E-state index is 6.05. The van der Waals surface area contributed by atoms with E-state index in [0.29, 0.717) is 12.1 Å². The zero-order chi connectivity index (χ0) is 20.2. The number of imidazole rings is 1. The molecular weight excluding hydrogens is 364 g/mol. The highest BCUT2D eigenvalue weighted by Crippen LogP contribution is 2.31.